The predicted octanol–water partition coefficient (Wildman–Crippen LogP) is 5.50. The van der Waals surface area contributed by atoms with Crippen LogP contribution >= 0.6 is 43.5 Å². The number of rotatable bonds is 6. The Morgan fingerprint density at radius 2 is 1.48 bits per heavy atom. The fraction of sp³-hybridized carbons (Fsp3) is 0.333. The fourth-order valence-electron chi connectivity index (χ4n) is 1.35. The molecule has 0 radical (unpaired) electrons. The molecule has 0 saturated heterocycles. The van der Waals surface area contributed by atoms with Crippen molar-refractivity contribution in [3.05, 3.63) is 57.5 Å². The highest BCUT2D eigenvalue weighted by Crippen LogP contribution is 2.17. The van der Waals surface area contributed by atoms with E-state index in [2.05, 4.69) is 36.6 Å². The van der Waals surface area contributed by atoms with Gasteiger partial charge in [-0.1, -0.05) is 44.0 Å². The Hall–Kier alpha value is -0.790. The number of alkyl halides is 1. The summed E-state index contributed by atoms with van der Waals surface area (Å²) in [4.78, 5) is 0. The standard InChI is InChI=1S/C9H11BrO2.C6H5BrO.C3H7ClO/c1-11-5-6-12-9-4-2-3-8(10)7-9;7-5-2-1-3-6(8)4-5;1-5-3-2-4/h2-4,7H,5-6H2,1H3;1-4,8H;2-3H2,1H3. The van der Waals surface area contributed by atoms with Crippen molar-refractivity contribution in [2.24, 2.45) is 0 Å². The third-order valence-corrected chi connectivity index (χ3v) is 3.58. The molecule has 0 spiro atoms. The van der Waals surface area contributed by atoms with Crippen LogP contribution < -0.4 is 4.74 Å². The van der Waals surface area contributed by atoms with Crippen LogP contribution in [-0.4, -0.2) is 45.0 Å². The second-order valence-corrected chi connectivity index (χ2v) is 6.67. The van der Waals surface area contributed by atoms with Gasteiger partial charge in [-0.3, -0.25) is 0 Å². The van der Waals surface area contributed by atoms with E-state index in [0.29, 0.717) is 31.5 Å². The summed E-state index contributed by atoms with van der Waals surface area (Å²) in [5.41, 5.74) is 0. The molecule has 0 bridgehead atoms. The molecule has 4 nitrogen and oxygen atoms in total. The third-order valence-electron chi connectivity index (χ3n) is 2.44. The summed E-state index contributed by atoms with van der Waals surface area (Å²) < 4.78 is 16.7. The molecular formula is C18H23Br2ClO4. The molecule has 2 aromatic rings. The zero-order chi connectivity index (χ0) is 18.9. The van der Waals surface area contributed by atoms with Gasteiger partial charge in [0.2, 0.25) is 0 Å². The van der Waals surface area contributed by atoms with Crippen LogP contribution in [0.1, 0.15) is 0 Å². The van der Waals surface area contributed by atoms with Crippen molar-refractivity contribution < 1.29 is 19.3 Å². The maximum atomic E-state index is 8.78. The van der Waals surface area contributed by atoms with Crippen molar-refractivity contribution >= 4 is 43.5 Å². The summed E-state index contributed by atoms with van der Waals surface area (Å²) in [7, 11) is 3.28. The zero-order valence-electron chi connectivity index (χ0n) is 14.3. The van der Waals surface area contributed by atoms with E-state index < -0.39 is 0 Å². The summed E-state index contributed by atoms with van der Waals surface area (Å²) in [5, 5.41) is 8.78. The summed E-state index contributed by atoms with van der Waals surface area (Å²) in [5.74, 6) is 1.75. The van der Waals surface area contributed by atoms with E-state index in [1.165, 1.54) is 0 Å². The summed E-state index contributed by atoms with van der Waals surface area (Å²) in [6.45, 7) is 1.86. The summed E-state index contributed by atoms with van der Waals surface area (Å²) in [6, 6.07) is 14.6. The Morgan fingerprint density at radius 3 is 1.88 bits per heavy atom. The van der Waals surface area contributed by atoms with Crippen molar-refractivity contribution in [2.75, 3.05) is 39.9 Å². The molecule has 2 rings (SSSR count). The average Bonchev–Trinajstić information content (AvgIpc) is 2.57. The normalized spacial score (nSPS) is 9.32. The average molecular weight is 499 g/mol. The lowest BCUT2D eigenvalue weighted by atomic mass is 10.3. The van der Waals surface area contributed by atoms with Crippen LogP contribution in [0.5, 0.6) is 11.5 Å². The Balaban J connectivity index is 0.000000382. The van der Waals surface area contributed by atoms with E-state index in [4.69, 9.17) is 26.2 Å². The van der Waals surface area contributed by atoms with Crippen molar-refractivity contribution in [2.45, 2.75) is 0 Å². The number of ether oxygens (including phenoxy) is 3. The molecule has 1 N–H and O–H groups in total. The molecular weight excluding hydrogens is 475 g/mol. The van der Waals surface area contributed by atoms with E-state index in [1.54, 1.807) is 32.4 Å². The molecule has 7 heteroatoms. The van der Waals surface area contributed by atoms with Crippen LogP contribution in [0.2, 0.25) is 0 Å². The van der Waals surface area contributed by atoms with Gasteiger partial charge in [-0.05, 0) is 36.4 Å². The monoisotopic (exact) mass is 496 g/mol. The maximum Gasteiger partial charge on any atom is 0.120 e. The molecule has 0 aliphatic carbocycles. The van der Waals surface area contributed by atoms with Gasteiger partial charge in [0.25, 0.3) is 0 Å². The molecule has 0 aliphatic heterocycles. The molecule has 0 amide bonds. The van der Waals surface area contributed by atoms with Gasteiger partial charge < -0.3 is 19.3 Å². The first-order valence-corrected chi connectivity index (χ1v) is 9.52. The first-order chi connectivity index (χ1) is 12.0. The smallest absolute Gasteiger partial charge is 0.120 e. The Morgan fingerprint density at radius 1 is 0.880 bits per heavy atom. The molecule has 25 heavy (non-hydrogen) atoms. The lowest BCUT2D eigenvalue weighted by Gasteiger charge is -2.04. The number of benzene rings is 2. The van der Waals surface area contributed by atoms with Crippen LogP contribution in [0.4, 0.5) is 0 Å². The number of phenols is 1. The molecule has 2 aromatic carbocycles. The topological polar surface area (TPSA) is 47.9 Å². The first-order valence-electron chi connectivity index (χ1n) is 7.40. The van der Waals surface area contributed by atoms with Crippen LogP contribution in [0.3, 0.4) is 0 Å². The zero-order valence-corrected chi connectivity index (χ0v) is 18.2. The van der Waals surface area contributed by atoms with Crippen LogP contribution in [-0.2, 0) is 9.47 Å². The SMILES string of the molecule is COCCCl.COCCOc1cccc(Br)c1.Oc1cccc(Br)c1. The van der Waals surface area contributed by atoms with E-state index >= 15 is 0 Å². The number of aromatic hydroxyl groups is 1. The minimum atomic E-state index is 0.291. The number of methoxy groups -OCH3 is 2. The van der Waals surface area contributed by atoms with Gasteiger partial charge in [-0.2, -0.15) is 0 Å². The second kappa shape index (κ2) is 16.7. The highest BCUT2D eigenvalue weighted by atomic mass is 79.9. The van der Waals surface area contributed by atoms with E-state index in [1.807, 2.05) is 30.3 Å². The highest BCUT2D eigenvalue weighted by Gasteiger charge is 1.93. The Kier molecular flexibility index (Phi) is 16.1. The summed E-state index contributed by atoms with van der Waals surface area (Å²) >= 11 is 11.7. The van der Waals surface area contributed by atoms with E-state index in [9.17, 15) is 0 Å². The van der Waals surface area contributed by atoms with Crippen LogP contribution in [0.15, 0.2) is 57.5 Å². The molecule has 140 valence electrons. The fourth-order valence-corrected chi connectivity index (χ4v) is 2.27. The van der Waals surface area contributed by atoms with Crippen molar-refractivity contribution in [1.82, 2.24) is 0 Å². The molecule has 0 aliphatic rings. The predicted molar refractivity (Wildman–Crippen MR) is 110 cm³/mol. The van der Waals surface area contributed by atoms with Crippen LogP contribution in [0, 0.1) is 0 Å². The number of hydrogen-bond donors (Lipinski definition) is 1. The molecule has 0 saturated carbocycles. The van der Waals surface area contributed by atoms with Gasteiger partial charge in [-0.25, -0.2) is 0 Å². The quantitative estimate of drug-likeness (QED) is 0.422. The molecule has 0 unspecified atom stereocenters. The van der Waals surface area contributed by atoms with Gasteiger partial charge in [0.05, 0.1) is 13.2 Å². The summed E-state index contributed by atoms with van der Waals surface area (Å²) in [6.07, 6.45) is 0. The first kappa shape index (κ1) is 24.2. The Labute approximate surface area is 171 Å². The van der Waals surface area contributed by atoms with Gasteiger partial charge in [-0.15, -0.1) is 11.6 Å². The van der Waals surface area contributed by atoms with Crippen LogP contribution in [0.25, 0.3) is 0 Å². The minimum Gasteiger partial charge on any atom is -0.508 e. The minimum absolute atomic E-state index is 0.291. The van der Waals surface area contributed by atoms with Gasteiger partial charge in [0, 0.05) is 29.0 Å². The van der Waals surface area contributed by atoms with Crippen molar-refractivity contribution in [3.8, 4) is 11.5 Å². The molecule has 0 atom stereocenters. The lowest BCUT2D eigenvalue weighted by Crippen LogP contribution is -2.03. The lowest BCUT2D eigenvalue weighted by molar-refractivity contribution is 0.146. The number of hydrogen-bond acceptors (Lipinski definition) is 4. The molecule has 0 aromatic heterocycles. The Bertz CT molecular complexity index is 551. The largest absolute Gasteiger partial charge is 0.508 e. The third kappa shape index (κ3) is 15.2. The number of phenolic OH excluding ortho intramolecular Hbond substituents is 1. The second-order valence-electron chi connectivity index (χ2n) is 4.46. The molecule has 0 heterocycles. The number of halogens is 3. The molecule has 0 fully saturated rings. The highest BCUT2D eigenvalue weighted by molar-refractivity contribution is 9.10. The van der Waals surface area contributed by atoms with E-state index in [0.717, 1.165) is 14.7 Å². The maximum absolute atomic E-state index is 8.78. The van der Waals surface area contributed by atoms with Crippen molar-refractivity contribution in [3.63, 3.8) is 0 Å². The van der Waals surface area contributed by atoms with Gasteiger partial charge >= 0.3 is 0 Å². The van der Waals surface area contributed by atoms with Crippen molar-refractivity contribution in [1.29, 1.82) is 0 Å². The van der Waals surface area contributed by atoms with Gasteiger partial charge in [0.15, 0.2) is 0 Å². The van der Waals surface area contributed by atoms with Gasteiger partial charge in [0.1, 0.15) is 18.1 Å². The van der Waals surface area contributed by atoms with E-state index in [-0.39, 0.29) is 0 Å².